The van der Waals surface area contributed by atoms with Gasteiger partial charge in [-0.2, -0.15) is 0 Å². The molecule has 2 aromatic rings. The van der Waals surface area contributed by atoms with Crippen molar-refractivity contribution < 1.29 is 4.79 Å². The van der Waals surface area contributed by atoms with Crippen molar-refractivity contribution in [3.05, 3.63) is 59.7 Å². The molecule has 0 spiro atoms. The number of carbonyl (C=O) groups excluding carboxylic acids is 1. The summed E-state index contributed by atoms with van der Waals surface area (Å²) in [7, 11) is 0. The average molecular weight is 379 g/mol. The highest BCUT2D eigenvalue weighted by Gasteiger charge is 2.29. The Labute approximate surface area is 167 Å². The van der Waals surface area contributed by atoms with E-state index in [1.165, 1.54) is 24.9 Å². The van der Waals surface area contributed by atoms with Gasteiger partial charge in [0.2, 0.25) is 0 Å². The summed E-state index contributed by atoms with van der Waals surface area (Å²) >= 11 is 0. The van der Waals surface area contributed by atoms with E-state index >= 15 is 0 Å². The van der Waals surface area contributed by atoms with Gasteiger partial charge in [0.25, 0.3) is 5.91 Å². The van der Waals surface area contributed by atoms with Crippen LogP contribution in [0.4, 0.5) is 11.4 Å². The van der Waals surface area contributed by atoms with E-state index in [-0.39, 0.29) is 5.91 Å². The number of piperazine rings is 1. The second-order valence-corrected chi connectivity index (χ2v) is 8.26. The molecule has 0 unspecified atom stereocenters. The van der Waals surface area contributed by atoms with Crippen molar-refractivity contribution in [3.63, 3.8) is 0 Å². The number of nitrogens with two attached hydrogens (primary N) is 1. The quantitative estimate of drug-likeness (QED) is 0.756. The topological polar surface area (TPSA) is 61.6 Å². The number of para-hydroxylation sites is 2. The summed E-state index contributed by atoms with van der Waals surface area (Å²) in [5, 5.41) is 2.88. The molecule has 1 atom stereocenters. The van der Waals surface area contributed by atoms with Crippen molar-refractivity contribution in [1.82, 2.24) is 9.80 Å². The van der Waals surface area contributed by atoms with Crippen LogP contribution >= 0.6 is 0 Å². The highest BCUT2D eigenvalue weighted by Crippen LogP contribution is 2.31. The van der Waals surface area contributed by atoms with E-state index in [9.17, 15) is 4.79 Å². The van der Waals surface area contributed by atoms with Crippen molar-refractivity contribution in [2.75, 3.05) is 37.2 Å². The van der Waals surface area contributed by atoms with Crippen LogP contribution in [0, 0.1) is 5.92 Å². The Kier molecular flexibility index (Phi) is 5.64. The van der Waals surface area contributed by atoms with E-state index in [4.69, 9.17) is 5.73 Å². The van der Waals surface area contributed by atoms with Gasteiger partial charge in [-0.3, -0.25) is 14.6 Å². The number of rotatable bonds is 6. The number of benzene rings is 2. The molecule has 5 nitrogen and oxygen atoms in total. The second-order valence-electron chi connectivity index (χ2n) is 8.26. The lowest BCUT2D eigenvalue weighted by atomic mass is 10.1. The van der Waals surface area contributed by atoms with Gasteiger partial charge in [-0.05, 0) is 55.5 Å². The maximum atomic E-state index is 12.5. The molecule has 0 aromatic heterocycles. The first-order chi connectivity index (χ1) is 13.6. The first kappa shape index (κ1) is 19.0. The van der Waals surface area contributed by atoms with Gasteiger partial charge in [0.05, 0.1) is 11.4 Å². The zero-order chi connectivity index (χ0) is 19.5. The number of amides is 1. The van der Waals surface area contributed by atoms with Crippen LogP contribution in [0.15, 0.2) is 48.5 Å². The van der Waals surface area contributed by atoms with Crippen LogP contribution in [0.5, 0.6) is 0 Å². The molecule has 2 aliphatic rings. The van der Waals surface area contributed by atoms with Crippen molar-refractivity contribution >= 4 is 17.3 Å². The van der Waals surface area contributed by atoms with Gasteiger partial charge in [0.1, 0.15) is 0 Å². The van der Waals surface area contributed by atoms with E-state index in [1.807, 2.05) is 30.3 Å². The zero-order valence-corrected chi connectivity index (χ0v) is 16.6. The lowest BCUT2D eigenvalue weighted by molar-refractivity contribution is 0.0754. The number of nitrogen functional groups attached to an aromatic ring is 1. The van der Waals surface area contributed by atoms with E-state index in [0.29, 0.717) is 23.0 Å². The Hall–Kier alpha value is -2.37. The zero-order valence-electron chi connectivity index (χ0n) is 16.6. The van der Waals surface area contributed by atoms with Crippen LogP contribution in [-0.2, 0) is 6.54 Å². The largest absolute Gasteiger partial charge is 0.397 e. The monoisotopic (exact) mass is 378 g/mol. The summed E-state index contributed by atoms with van der Waals surface area (Å²) in [4.78, 5) is 17.6. The van der Waals surface area contributed by atoms with Crippen molar-refractivity contribution in [2.24, 2.45) is 5.92 Å². The molecule has 0 radical (unpaired) electrons. The Morgan fingerprint density at radius 3 is 2.54 bits per heavy atom. The van der Waals surface area contributed by atoms with Gasteiger partial charge in [-0.25, -0.2) is 0 Å². The molecule has 1 aliphatic carbocycles. The van der Waals surface area contributed by atoms with Crippen LogP contribution in [0.3, 0.4) is 0 Å². The van der Waals surface area contributed by atoms with E-state index < -0.39 is 0 Å². The minimum absolute atomic E-state index is 0.133. The maximum Gasteiger partial charge on any atom is 0.255 e. The fourth-order valence-corrected chi connectivity index (χ4v) is 3.94. The molecule has 4 rings (SSSR count). The minimum Gasteiger partial charge on any atom is -0.397 e. The summed E-state index contributed by atoms with van der Waals surface area (Å²) in [5.74, 6) is 0.825. The van der Waals surface area contributed by atoms with E-state index in [0.717, 1.165) is 32.1 Å². The number of nitrogens with zero attached hydrogens (tertiary/aromatic N) is 2. The van der Waals surface area contributed by atoms with Gasteiger partial charge < -0.3 is 11.1 Å². The third-order valence-corrected chi connectivity index (χ3v) is 5.87. The number of nitrogens with one attached hydrogen (secondary N) is 1. The van der Waals surface area contributed by atoms with E-state index in [1.54, 1.807) is 6.07 Å². The lowest BCUT2D eigenvalue weighted by Crippen LogP contribution is -2.51. The van der Waals surface area contributed by atoms with Crippen molar-refractivity contribution in [1.29, 1.82) is 0 Å². The molecule has 1 amide bonds. The fraction of sp³-hybridized carbons (Fsp3) is 0.435. The summed E-state index contributed by atoms with van der Waals surface area (Å²) in [6.07, 6.45) is 2.84. The third-order valence-electron chi connectivity index (χ3n) is 5.87. The normalized spacial score (nSPS) is 20.8. The molecule has 148 valence electrons. The number of hydrogen-bond donors (Lipinski definition) is 2. The van der Waals surface area contributed by atoms with Crippen molar-refractivity contribution in [3.8, 4) is 0 Å². The first-order valence-corrected chi connectivity index (χ1v) is 10.3. The maximum absolute atomic E-state index is 12.5. The smallest absolute Gasteiger partial charge is 0.255 e. The molecule has 1 saturated heterocycles. The van der Waals surface area contributed by atoms with Crippen LogP contribution in [0.25, 0.3) is 0 Å². The average Bonchev–Trinajstić information content (AvgIpc) is 3.50. The van der Waals surface area contributed by atoms with Gasteiger partial charge in [-0.15, -0.1) is 0 Å². The van der Waals surface area contributed by atoms with Gasteiger partial charge in [-0.1, -0.05) is 24.3 Å². The Bertz CT molecular complexity index is 816. The summed E-state index contributed by atoms with van der Waals surface area (Å²) in [5.41, 5.74) is 9.02. The molecule has 1 aliphatic heterocycles. The molecule has 1 saturated carbocycles. The molecule has 2 fully saturated rings. The Balaban J connectivity index is 1.31. The lowest BCUT2D eigenvalue weighted by Gasteiger charge is -2.40. The third kappa shape index (κ3) is 4.72. The van der Waals surface area contributed by atoms with Gasteiger partial charge in [0, 0.05) is 44.3 Å². The summed E-state index contributed by atoms with van der Waals surface area (Å²) in [6, 6.07) is 15.8. The number of hydrogen-bond acceptors (Lipinski definition) is 4. The van der Waals surface area contributed by atoms with Gasteiger partial charge >= 0.3 is 0 Å². The molecule has 3 N–H and O–H groups in total. The molecule has 1 heterocycles. The molecule has 28 heavy (non-hydrogen) atoms. The van der Waals surface area contributed by atoms with Crippen LogP contribution in [0.1, 0.15) is 35.7 Å². The van der Waals surface area contributed by atoms with Crippen LogP contribution < -0.4 is 11.1 Å². The Morgan fingerprint density at radius 1 is 1.11 bits per heavy atom. The fourth-order valence-electron chi connectivity index (χ4n) is 3.94. The predicted molar refractivity (Wildman–Crippen MR) is 114 cm³/mol. The SMILES string of the molecule is C[C@@H]1CN(Cc2ccc(C(=O)Nc3ccccc3N)cc2)CCN1CC1CC1. The second kappa shape index (κ2) is 8.33. The van der Waals surface area contributed by atoms with Crippen molar-refractivity contribution in [2.45, 2.75) is 32.4 Å². The first-order valence-electron chi connectivity index (χ1n) is 10.3. The molecular weight excluding hydrogens is 348 g/mol. The molecule has 5 heteroatoms. The summed E-state index contributed by atoms with van der Waals surface area (Å²) < 4.78 is 0. The number of carbonyl (C=O) groups is 1. The Morgan fingerprint density at radius 2 is 1.86 bits per heavy atom. The van der Waals surface area contributed by atoms with Crippen LogP contribution in [-0.4, -0.2) is 47.9 Å². The number of anilines is 2. The standard InChI is InChI=1S/C23H30N4O/c1-17-14-26(12-13-27(17)16-19-6-7-19)15-18-8-10-20(11-9-18)23(28)25-22-5-3-2-4-21(22)24/h2-5,8-11,17,19H,6-7,12-16,24H2,1H3,(H,25,28)/t17-/m1/s1. The van der Waals surface area contributed by atoms with Crippen LogP contribution in [0.2, 0.25) is 0 Å². The minimum atomic E-state index is -0.133. The predicted octanol–water partition coefficient (Wildman–Crippen LogP) is 3.44. The van der Waals surface area contributed by atoms with Gasteiger partial charge in [0.15, 0.2) is 0 Å². The highest BCUT2D eigenvalue weighted by atomic mass is 16.1. The molecular formula is C23H30N4O. The van der Waals surface area contributed by atoms with E-state index in [2.05, 4.69) is 34.2 Å². The molecule has 2 aromatic carbocycles. The summed E-state index contributed by atoms with van der Waals surface area (Å²) in [6.45, 7) is 7.96. The molecule has 0 bridgehead atoms. The highest BCUT2D eigenvalue weighted by molar-refractivity contribution is 6.05.